The van der Waals surface area contributed by atoms with Gasteiger partial charge in [0.15, 0.2) is 41.1 Å². The average Bonchev–Trinajstić information content (AvgIpc) is 3.14. The molecule has 4 aromatic rings. The van der Waals surface area contributed by atoms with Gasteiger partial charge in [-0.15, -0.1) is 0 Å². The van der Waals surface area contributed by atoms with Crippen molar-refractivity contribution in [3.63, 3.8) is 0 Å². The van der Waals surface area contributed by atoms with E-state index in [0.717, 1.165) is 9.79 Å². The Morgan fingerprint density at radius 3 is 1.25 bits per heavy atom. The SMILES string of the molecule is CC(C)(C)OC(=O)COc1cc(OCC(=O)OC(C)(C)C)c([S+](c2ccccc2)c2ccccc2)c(OCC(=O)OC(C)(C)C)c1.O=S(=O)([O-])c1ccc(C(F)(F)F)cc1C(F)(F)F. The summed E-state index contributed by atoms with van der Waals surface area (Å²) in [5.41, 5.74) is -5.97. The van der Waals surface area contributed by atoms with Crippen LogP contribution in [0.1, 0.15) is 73.4 Å². The van der Waals surface area contributed by atoms with E-state index in [0.29, 0.717) is 4.90 Å². The number of hydrogen-bond donors (Lipinski definition) is 0. The second-order valence-corrected chi connectivity index (χ2v) is 19.8. The number of carbonyl (C=O) groups is 3. The lowest BCUT2D eigenvalue weighted by atomic mass is 10.1. The first-order valence-electron chi connectivity index (χ1n) is 19.0. The molecule has 0 spiro atoms. The molecule has 4 rings (SSSR count). The number of ether oxygens (including phenoxy) is 6. The number of halogens is 6. The molecule has 4 aromatic carbocycles. The van der Waals surface area contributed by atoms with Crippen LogP contribution in [0.5, 0.6) is 17.2 Å². The average molecular weight is 947 g/mol. The van der Waals surface area contributed by atoms with E-state index in [4.69, 9.17) is 28.4 Å². The first kappa shape index (κ1) is 52.9. The first-order valence-corrected chi connectivity index (χ1v) is 21.7. The molecule has 0 aliphatic carbocycles. The fraction of sp³-hybridized carbons (Fsp3) is 0.386. The van der Waals surface area contributed by atoms with Crippen molar-refractivity contribution < 1.29 is 82.1 Å². The summed E-state index contributed by atoms with van der Waals surface area (Å²) in [5.74, 6) is -1.01. The number of benzene rings is 4. The molecular formula is C44H48F6O12S2. The van der Waals surface area contributed by atoms with Crippen LogP contribution in [0.15, 0.2) is 111 Å². The van der Waals surface area contributed by atoms with Gasteiger partial charge in [0.1, 0.15) is 43.6 Å². The highest BCUT2D eigenvalue weighted by Crippen LogP contribution is 2.45. The van der Waals surface area contributed by atoms with E-state index >= 15 is 0 Å². The zero-order valence-corrected chi connectivity index (χ0v) is 37.9. The molecule has 0 saturated carbocycles. The summed E-state index contributed by atoms with van der Waals surface area (Å²) in [6.45, 7) is 14.7. The highest BCUT2D eigenvalue weighted by molar-refractivity contribution is 7.97. The molecule has 64 heavy (non-hydrogen) atoms. The van der Waals surface area contributed by atoms with E-state index in [9.17, 15) is 53.7 Å². The Bertz CT molecular complexity index is 2240. The number of hydrogen-bond acceptors (Lipinski definition) is 12. The molecule has 0 aliphatic heterocycles. The summed E-state index contributed by atoms with van der Waals surface area (Å²) in [6.07, 6.45) is -10.5. The summed E-state index contributed by atoms with van der Waals surface area (Å²) < 4.78 is 140. The van der Waals surface area contributed by atoms with Gasteiger partial charge in [-0.2, -0.15) is 26.3 Å². The van der Waals surface area contributed by atoms with Gasteiger partial charge in [-0.1, -0.05) is 36.4 Å². The third-order valence-electron chi connectivity index (χ3n) is 7.35. The van der Waals surface area contributed by atoms with Crippen LogP contribution in [0.2, 0.25) is 0 Å². The summed E-state index contributed by atoms with van der Waals surface area (Å²) >= 11 is 0. The molecule has 0 amide bonds. The molecule has 0 aromatic heterocycles. The summed E-state index contributed by atoms with van der Waals surface area (Å²) in [5, 5.41) is 0. The lowest BCUT2D eigenvalue weighted by Crippen LogP contribution is -2.28. The smallest absolute Gasteiger partial charge is 0.417 e. The highest BCUT2D eigenvalue weighted by atomic mass is 32.2. The molecule has 20 heteroatoms. The van der Waals surface area contributed by atoms with Crippen molar-refractivity contribution in [3.8, 4) is 17.2 Å². The van der Waals surface area contributed by atoms with Crippen molar-refractivity contribution in [1.82, 2.24) is 0 Å². The van der Waals surface area contributed by atoms with E-state index in [-0.39, 0.29) is 29.4 Å². The Kier molecular flexibility index (Phi) is 17.4. The van der Waals surface area contributed by atoms with Crippen LogP contribution in [0.4, 0.5) is 26.3 Å². The lowest BCUT2D eigenvalue weighted by molar-refractivity contribution is -0.158. The zero-order valence-electron chi connectivity index (χ0n) is 36.3. The van der Waals surface area contributed by atoms with Crippen LogP contribution in [0.25, 0.3) is 0 Å². The van der Waals surface area contributed by atoms with E-state index in [2.05, 4.69) is 0 Å². The highest BCUT2D eigenvalue weighted by Gasteiger charge is 2.40. The fourth-order valence-electron chi connectivity index (χ4n) is 5.21. The van der Waals surface area contributed by atoms with E-state index in [1.807, 2.05) is 60.7 Å². The van der Waals surface area contributed by atoms with Crippen molar-refractivity contribution in [3.05, 3.63) is 102 Å². The predicted octanol–water partition coefficient (Wildman–Crippen LogP) is 9.57. The van der Waals surface area contributed by atoms with Gasteiger partial charge in [-0.3, -0.25) is 0 Å². The van der Waals surface area contributed by atoms with Crippen LogP contribution in [-0.2, 0) is 62.0 Å². The Balaban J connectivity index is 0.000000505. The lowest BCUT2D eigenvalue weighted by Gasteiger charge is -2.22. The van der Waals surface area contributed by atoms with Crippen LogP contribution in [0, 0.1) is 0 Å². The van der Waals surface area contributed by atoms with E-state index < -0.39 is 110 Å². The third kappa shape index (κ3) is 17.6. The molecule has 0 atom stereocenters. The third-order valence-corrected chi connectivity index (χ3v) is 10.5. The van der Waals surface area contributed by atoms with Crippen LogP contribution in [-0.4, -0.2) is 67.5 Å². The van der Waals surface area contributed by atoms with Crippen LogP contribution in [0.3, 0.4) is 0 Å². The minimum Gasteiger partial charge on any atom is -0.744 e. The minimum atomic E-state index is -5.52. The molecule has 0 saturated heterocycles. The summed E-state index contributed by atoms with van der Waals surface area (Å²) in [7, 11) is -6.36. The Labute approximate surface area is 370 Å². The fourth-order valence-corrected chi connectivity index (χ4v) is 8.13. The maximum absolute atomic E-state index is 12.8. The van der Waals surface area contributed by atoms with Crippen LogP contribution >= 0.6 is 0 Å². The normalized spacial score (nSPS) is 12.4. The number of rotatable bonds is 13. The minimum absolute atomic E-state index is 0.00597. The zero-order chi connectivity index (χ0) is 48.5. The molecular weight excluding hydrogens is 899 g/mol. The quantitative estimate of drug-likeness (QED) is 0.0411. The predicted molar refractivity (Wildman–Crippen MR) is 220 cm³/mol. The van der Waals surface area contributed by atoms with Gasteiger partial charge in [-0.25, -0.2) is 22.8 Å². The molecule has 0 fully saturated rings. The summed E-state index contributed by atoms with van der Waals surface area (Å²) in [6, 6.07) is 22.4. The Hall–Kier alpha value is -5.47. The molecule has 0 N–H and O–H groups in total. The standard InChI is InChI=1S/C36H45O9S.C8H4F6O3S/c1-34(2,3)43-30(37)22-40-25-20-28(41-23-31(38)44-35(4,5)6)33(29(21-25)42-24-32(39)45-36(7,8)9)46(26-16-12-10-13-17-26)27-18-14-11-15-19-27;9-7(10,11)4-1-2-6(18(15,16)17)5(3-4)8(12,13)14/h10-21H,22-24H2,1-9H3;1-3H,(H,15,16,17)/q+1;/p-1. The Morgan fingerprint density at radius 2 is 0.922 bits per heavy atom. The largest absolute Gasteiger partial charge is 0.744 e. The van der Waals surface area contributed by atoms with Gasteiger partial charge in [0.2, 0.25) is 4.90 Å². The second-order valence-electron chi connectivity index (χ2n) is 16.5. The van der Waals surface area contributed by atoms with E-state index in [1.165, 1.54) is 0 Å². The molecule has 12 nitrogen and oxygen atoms in total. The summed E-state index contributed by atoms with van der Waals surface area (Å²) in [4.78, 5) is 38.8. The van der Waals surface area contributed by atoms with Crippen LogP contribution < -0.4 is 14.2 Å². The number of esters is 3. The molecule has 0 heterocycles. The van der Waals surface area contributed by atoms with Crippen molar-refractivity contribution in [1.29, 1.82) is 0 Å². The van der Waals surface area contributed by atoms with Gasteiger partial charge >= 0.3 is 30.3 Å². The van der Waals surface area contributed by atoms with Gasteiger partial charge in [-0.05, 0) is 105 Å². The maximum atomic E-state index is 12.8. The molecule has 0 unspecified atom stereocenters. The van der Waals surface area contributed by atoms with Gasteiger partial charge in [0.05, 0.1) is 16.0 Å². The topological polar surface area (TPSA) is 164 Å². The molecule has 0 aliphatic rings. The van der Waals surface area contributed by atoms with Gasteiger partial charge in [0.25, 0.3) is 0 Å². The van der Waals surface area contributed by atoms with Crippen molar-refractivity contribution in [2.45, 2.75) is 111 Å². The van der Waals surface area contributed by atoms with Gasteiger partial charge in [0, 0.05) is 12.1 Å². The molecule has 0 radical (unpaired) electrons. The second kappa shape index (κ2) is 21.0. The Morgan fingerprint density at radius 1 is 0.547 bits per heavy atom. The van der Waals surface area contributed by atoms with Crippen molar-refractivity contribution in [2.75, 3.05) is 19.8 Å². The monoisotopic (exact) mass is 946 g/mol. The van der Waals surface area contributed by atoms with E-state index in [1.54, 1.807) is 74.4 Å². The van der Waals surface area contributed by atoms with Crippen molar-refractivity contribution in [2.24, 2.45) is 0 Å². The molecule has 350 valence electrons. The number of alkyl halides is 6. The number of carbonyl (C=O) groups excluding carboxylic acids is 3. The van der Waals surface area contributed by atoms with Crippen molar-refractivity contribution >= 4 is 38.9 Å². The molecule has 0 bridgehead atoms. The first-order chi connectivity index (χ1) is 29.2. The maximum Gasteiger partial charge on any atom is 0.417 e. The van der Waals surface area contributed by atoms with Gasteiger partial charge < -0.3 is 33.0 Å².